The summed E-state index contributed by atoms with van der Waals surface area (Å²) in [6, 6.07) is 2.29. The van der Waals surface area contributed by atoms with Gasteiger partial charge in [0.05, 0.1) is 11.3 Å². The molecule has 0 saturated carbocycles. The van der Waals surface area contributed by atoms with Gasteiger partial charge >= 0.3 is 6.61 Å². The number of nitrogens with zero attached hydrogens (tertiary/aromatic N) is 2. The number of aliphatic hydroxyl groups excluding tert-OH is 1. The number of halogens is 5. The van der Waals surface area contributed by atoms with Crippen molar-refractivity contribution in [2.45, 2.75) is 6.61 Å². The Balaban J connectivity index is 2.59. The van der Waals surface area contributed by atoms with Crippen LogP contribution in [-0.4, -0.2) is 21.5 Å². The van der Waals surface area contributed by atoms with Crippen LogP contribution in [0.15, 0.2) is 18.4 Å². The van der Waals surface area contributed by atoms with Crippen molar-refractivity contribution >= 4 is 29.3 Å². The van der Waals surface area contributed by atoms with Gasteiger partial charge in [0.25, 0.3) is 0 Å². The van der Waals surface area contributed by atoms with Crippen molar-refractivity contribution in [1.82, 2.24) is 9.78 Å². The lowest BCUT2D eigenvalue weighted by atomic mass is 10.1. The van der Waals surface area contributed by atoms with Crippen LogP contribution in [-0.2, 0) is 7.05 Å². The monoisotopic (exact) mass is 352 g/mol. The zero-order valence-corrected chi connectivity index (χ0v) is 12.5. The molecule has 0 atom stereocenters. The molecule has 1 heterocycles. The molecule has 0 fully saturated rings. The Kier molecular flexibility index (Phi) is 4.87. The molecule has 0 bridgehead atoms. The summed E-state index contributed by atoms with van der Waals surface area (Å²) in [5.74, 6) is -1.14. The van der Waals surface area contributed by atoms with Gasteiger partial charge in [-0.15, -0.1) is 0 Å². The normalized spacial score (nSPS) is 11.6. The molecule has 9 heteroatoms. The third-order valence-electron chi connectivity index (χ3n) is 2.74. The molecular weight excluding hydrogens is 344 g/mol. The van der Waals surface area contributed by atoms with Crippen molar-refractivity contribution < 1.29 is 23.0 Å². The van der Waals surface area contributed by atoms with Gasteiger partial charge in [-0.2, -0.15) is 13.9 Å². The first-order chi connectivity index (χ1) is 10.3. The number of rotatable bonds is 4. The fourth-order valence-corrected chi connectivity index (χ4v) is 2.34. The fourth-order valence-electron chi connectivity index (χ4n) is 1.82. The summed E-state index contributed by atoms with van der Waals surface area (Å²) in [4.78, 5) is 0. The molecule has 0 spiro atoms. The van der Waals surface area contributed by atoms with Gasteiger partial charge in [-0.25, -0.2) is 9.07 Å². The first-order valence-corrected chi connectivity index (χ1v) is 6.58. The molecule has 4 nitrogen and oxygen atoms in total. The molecule has 2 rings (SSSR count). The van der Waals surface area contributed by atoms with E-state index in [9.17, 15) is 13.2 Å². The number of hydrogen-bond donors (Lipinski definition) is 1. The summed E-state index contributed by atoms with van der Waals surface area (Å²) in [5.41, 5.74) is 0.155. The van der Waals surface area contributed by atoms with Gasteiger partial charge in [-0.05, 0) is 23.8 Å². The largest absolute Gasteiger partial charge is 0.516 e. The average Bonchev–Trinajstić information content (AvgIpc) is 2.69. The molecule has 0 unspecified atom stereocenters. The van der Waals surface area contributed by atoms with Crippen molar-refractivity contribution in [2.24, 2.45) is 7.05 Å². The number of aliphatic hydroxyl groups is 1. The Bertz CT molecular complexity index is 733. The molecular formula is C13H9Cl2F3N2O2. The quantitative estimate of drug-likeness (QED) is 0.813. The zero-order chi connectivity index (χ0) is 16.4. The summed E-state index contributed by atoms with van der Waals surface area (Å²) in [6.07, 6.45) is 1.97. The second-order valence-electron chi connectivity index (χ2n) is 4.14. The van der Waals surface area contributed by atoms with E-state index in [1.807, 2.05) is 0 Å². The topological polar surface area (TPSA) is 47.3 Å². The number of hydrogen-bond acceptors (Lipinski definition) is 3. The van der Waals surface area contributed by atoms with Gasteiger partial charge in [0.2, 0.25) is 5.88 Å². The summed E-state index contributed by atoms with van der Waals surface area (Å²) < 4.78 is 44.0. The second kappa shape index (κ2) is 6.50. The van der Waals surface area contributed by atoms with E-state index in [2.05, 4.69) is 9.84 Å². The molecule has 118 valence electrons. The van der Waals surface area contributed by atoms with Gasteiger partial charge in [0, 0.05) is 12.6 Å². The third-order valence-corrected chi connectivity index (χ3v) is 3.40. The van der Waals surface area contributed by atoms with Crippen LogP contribution in [0, 0.1) is 5.82 Å². The van der Waals surface area contributed by atoms with E-state index in [0.29, 0.717) is 5.56 Å². The smallest absolute Gasteiger partial charge is 0.388 e. The average molecular weight is 353 g/mol. The van der Waals surface area contributed by atoms with Crippen LogP contribution < -0.4 is 4.74 Å². The van der Waals surface area contributed by atoms with E-state index in [0.717, 1.165) is 17.0 Å². The molecule has 1 aromatic carbocycles. The van der Waals surface area contributed by atoms with Crippen LogP contribution in [0.3, 0.4) is 0 Å². The molecule has 0 aliphatic rings. The predicted octanol–water partition coefficient (Wildman–Crippen LogP) is 4.66. The van der Waals surface area contributed by atoms with Crippen LogP contribution in [0.2, 0.25) is 10.0 Å². The highest BCUT2D eigenvalue weighted by Crippen LogP contribution is 2.38. The predicted molar refractivity (Wildman–Crippen MR) is 76.9 cm³/mol. The van der Waals surface area contributed by atoms with Crippen molar-refractivity contribution in [3.8, 4) is 17.1 Å². The Morgan fingerprint density at radius 3 is 2.64 bits per heavy atom. The summed E-state index contributed by atoms with van der Waals surface area (Å²) in [5, 5.41) is 12.5. The van der Waals surface area contributed by atoms with Crippen molar-refractivity contribution in [3.05, 3.63) is 39.8 Å². The maximum atomic E-state index is 14.1. The Labute approximate surface area is 133 Å². The second-order valence-corrected chi connectivity index (χ2v) is 4.92. The molecule has 2 aromatic rings. The molecule has 1 aromatic heterocycles. The Morgan fingerprint density at radius 2 is 2.05 bits per heavy atom. The molecule has 0 aliphatic carbocycles. The molecule has 0 saturated heterocycles. The molecule has 1 N–H and O–H groups in total. The minimum atomic E-state index is -3.09. The van der Waals surface area contributed by atoms with Gasteiger partial charge in [0.15, 0.2) is 0 Å². The first kappa shape index (κ1) is 16.5. The first-order valence-electron chi connectivity index (χ1n) is 5.82. The van der Waals surface area contributed by atoms with Crippen LogP contribution >= 0.6 is 23.2 Å². The van der Waals surface area contributed by atoms with Crippen molar-refractivity contribution in [3.63, 3.8) is 0 Å². The minimum absolute atomic E-state index is 0.0580. The SMILES string of the molecule is Cn1nc(-c2cc(C=CO)c(Cl)cc2F)c(Cl)c1OC(F)F. The lowest BCUT2D eigenvalue weighted by Crippen LogP contribution is -2.06. The number of benzene rings is 1. The molecule has 0 amide bonds. The minimum Gasteiger partial charge on any atom is -0.516 e. The zero-order valence-electron chi connectivity index (χ0n) is 11.0. The van der Waals surface area contributed by atoms with E-state index in [-0.39, 0.29) is 27.2 Å². The van der Waals surface area contributed by atoms with Gasteiger partial charge in [-0.3, -0.25) is 0 Å². The van der Waals surface area contributed by atoms with Crippen LogP contribution in [0.25, 0.3) is 17.3 Å². The van der Waals surface area contributed by atoms with Crippen LogP contribution in [0.1, 0.15) is 5.56 Å². The summed E-state index contributed by atoms with van der Waals surface area (Å²) in [6.45, 7) is -3.09. The number of aryl methyl sites for hydroxylation is 1. The maximum absolute atomic E-state index is 14.1. The molecule has 0 aliphatic heterocycles. The van der Waals surface area contributed by atoms with Crippen LogP contribution in [0.5, 0.6) is 5.88 Å². The maximum Gasteiger partial charge on any atom is 0.388 e. The van der Waals surface area contributed by atoms with E-state index in [1.54, 1.807) is 0 Å². The van der Waals surface area contributed by atoms with Gasteiger partial charge < -0.3 is 9.84 Å². The highest BCUT2D eigenvalue weighted by molar-refractivity contribution is 6.34. The molecule has 0 radical (unpaired) electrons. The molecule has 22 heavy (non-hydrogen) atoms. The van der Waals surface area contributed by atoms with Crippen LogP contribution in [0.4, 0.5) is 13.2 Å². The van der Waals surface area contributed by atoms with Gasteiger partial charge in [0.1, 0.15) is 16.5 Å². The van der Waals surface area contributed by atoms with Gasteiger partial charge in [-0.1, -0.05) is 23.2 Å². The number of aromatic nitrogens is 2. The fraction of sp³-hybridized carbons (Fsp3) is 0.154. The van der Waals surface area contributed by atoms with E-state index < -0.39 is 12.4 Å². The summed E-state index contributed by atoms with van der Waals surface area (Å²) in [7, 11) is 1.33. The van der Waals surface area contributed by atoms with E-state index >= 15 is 0 Å². The van der Waals surface area contributed by atoms with E-state index in [4.69, 9.17) is 28.3 Å². The van der Waals surface area contributed by atoms with E-state index in [1.165, 1.54) is 19.2 Å². The number of ether oxygens (including phenoxy) is 1. The van der Waals surface area contributed by atoms with Crippen molar-refractivity contribution in [2.75, 3.05) is 0 Å². The highest BCUT2D eigenvalue weighted by Gasteiger charge is 2.22. The Morgan fingerprint density at radius 1 is 1.36 bits per heavy atom. The lowest BCUT2D eigenvalue weighted by molar-refractivity contribution is -0.0552. The Hall–Kier alpha value is -1.86. The van der Waals surface area contributed by atoms with Crippen molar-refractivity contribution in [1.29, 1.82) is 0 Å². The number of alkyl halides is 2. The highest BCUT2D eigenvalue weighted by atomic mass is 35.5. The summed E-state index contributed by atoms with van der Waals surface area (Å²) >= 11 is 11.8. The lowest BCUT2D eigenvalue weighted by Gasteiger charge is -2.05. The standard InChI is InChI=1S/C13H9Cl2F3N2O2/c1-20-12(22-13(17)18)10(15)11(19-20)7-4-6(2-3-21)8(14)5-9(7)16/h2-5,13,21H,1H3. The third kappa shape index (κ3) is 3.15.